The fourth-order valence-corrected chi connectivity index (χ4v) is 3.31. The lowest BCUT2D eigenvalue weighted by Gasteiger charge is -2.16. The summed E-state index contributed by atoms with van der Waals surface area (Å²) < 4.78 is 19.2. The molecule has 0 saturated heterocycles. The minimum atomic E-state index is 0.472. The maximum Gasteiger partial charge on any atom is 0.213 e. The molecule has 2 N–H and O–H groups in total. The molecule has 0 saturated carbocycles. The molecule has 4 rings (SSSR count). The predicted molar refractivity (Wildman–Crippen MR) is 133 cm³/mol. The Balaban J connectivity index is 0.000000914. The summed E-state index contributed by atoms with van der Waals surface area (Å²) in [5.41, 5.74) is 6.78. The zero-order valence-electron chi connectivity index (χ0n) is 19.7. The highest BCUT2D eigenvalue weighted by Crippen LogP contribution is 2.37. The first-order chi connectivity index (χ1) is 16.2. The zero-order valence-corrected chi connectivity index (χ0v) is 21.3. The summed E-state index contributed by atoms with van der Waals surface area (Å²) >= 11 is 3.40. The van der Waals surface area contributed by atoms with Gasteiger partial charge in [0.05, 0.1) is 27.0 Å². The molecule has 0 fully saturated rings. The van der Waals surface area contributed by atoms with Gasteiger partial charge in [-0.3, -0.25) is 4.57 Å². The number of pyridine rings is 1. The average molecular weight is 517 g/mol. The maximum absolute atomic E-state index is 5.61. The molecule has 9 nitrogen and oxygen atoms in total. The van der Waals surface area contributed by atoms with E-state index in [9.17, 15) is 0 Å². The smallest absolute Gasteiger partial charge is 0.213 e. The number of rotatable bonds is 6. The monoisotopic (exact) mass is 516 g/mol. The first-order valence-corrected chi connectivity index (χ1v) is 11.3. The van der Waals surface area contributed by atoms with Gasteiger partial charge in [0.15, 0.2) is 17.1 Å². The number of nitrogens with two attached hydrogens (primary N) is 1. The Labute approximate surface area is 202 Å². The van der Waals surface area contributed by atoms with Crippen LogP contribution in [0.4, 0.5) is 0 Å². The number of fused-ring (bicyclic) bond motifs is 1. The summed E-state index contributed by atoms with van der Waals surface area (Å²) in [4.78, 5) is 18.3. The van der Waals surface area contributed by atoms with E-state index in [-0.39, 0.29) is 0 Å². The molecular weight excluding hydrogens is 488 g/mol. The van der Waals surface area contributed by atoms with E-state index in [0.29, 0.717) is 57.1 Å². The number of ether oxygens (including phenoxy) is 3. The quantitative estimate of drug-likeness (QED) is 0.393. The van der Waals surface area contributed by atoms with Gasteiger partial charge in [-0.25, -0.2) is 19.9 Å². The highest BCUT2D eigenvalue weighted by molar-refractivity contribution is 9.10. The van der Waals surface area contributed by atoms with Crippen LogP contribution < -0.4 is 19.9 Å². The fourth-order valence-electron chi connectivity index (χ4n) is 3.03. The van der Waals surface area contributed by atoms with Crippen molar-refractivity contribution in [1.82, 2.24) is 24.5 Å². The summed E-state index contributed by atoms with van der Waals surface area (Å²) in [6, 6.07) is 11.1. The number of hydrogen-bond donors (Lipinski definition) is 1. The lowest BCUT2D eigenvalue weighted by atomic mass is 10.2. The van der Waals surface area contributed by atoms with Crippen LogP contribution in [0, 0.1) is 0 Å². The molecule has 3 aromatic heterocycles. The van der Waals surface area contributed by atoms with Crippen LogP contribution in [-0.2, 0) is 0 Å². The number of para-hydroxylation sites is 1. The van der Waals surface area contributed by atoms with E-state index in [0.717, 1.165) is 0 Å². The van der Waals surface area contributed by atoms with Crippen molar-refractivity contribution >= 4 is 27.2 Å². The average Bonchev–Trinajstić information content (AvgIpc) is 3.24. The molecule has 0 unspecified atom stereocenters. The third-order valence-corrected chi connectivity index (χ3v) is 4.59. The van der Waals surface area contributed by atoms with E-state index in [4.69, 9.17) is 19.2 Å². The molecule has 0 aliphatic rings. The molecule has 1 aromatic carbocycles. The number of nitrogens with zero attached hydrogens (tertiary/aromatic N) is 5. The summed E-state index contributed by atoms with van der Waals surface area (Å²) in [5.74, 6) is 2.26. The van der Waals surface area contributed by atoms with Crippen molar-refractivity contribution in [3.8, 4) is 34.6 Å². The van der Waals surface area contributed by atoms with Crippen LogP contribution in [-0.4, -0.2) is 52.4 Å². The van der Waals surface area contributed by atoms with E-state index < -0.39 is 0 Å². The Morgan fingerprint density at radius 1 is 0.939 bits per heavy atom. The van der Waals surface area contributed by atoms with E-state index in [1.54, 1.807) is 26.5 Å². The van der Waals surface area contributed by atoms with Crippen molar-refractivity contribution in [2.75, 3.05) is 27.9 Å². The van der Waals surface area contributed by atoms with E-state index >= 15 is 0 Å². The molecule has 33 heavy (non-hydrogen) atoms. The van der Waals surface area contributed by atoms with Gasteiger partial charge in [-0.2, -0.15) is 0 Å². The van der Waals surface area contributed by atoms with Crippen LogP contribution in [0.5, 0.6) is 17.4 Å². The highest BCUT2D eigenvalue weighted by Gasteiger charge is 2.23. The Bertz CT molecular complexity index is 1160. The second-order valence-corrected chi connectivity index (χ2v) is 6.73. The lowest BCUT2D eigenvalue weighted by molar-refractivity contribution is 0.327. The van der Waals surface area contributed by atoms with Crippen molar-refractivity contribution in [1.29, 1.82) is 0 Å². The number of imidazole rings is 1. The van der Waals surface area contributed by atoms with Gasteiger partial charge in [-0.1, -0.05) is 26.0 Å². The molecular formula is C23H29BrN6O3. The third kappa shape index (κ3) is 5.58. The first kappa shape index (κ1) is 26.0. The molecule has 3 heterocycles. The van der Waals surface area contributed by atoms with Crippen LogP contribution >= 0.6 is 15.9 Å². The van der Waals surface area contributed by atoms with Crippen molar-refractivity contribution in [3.05, 3.63) is 47.2 Å². The molecule has 0 amide bonds. The van der Waals surface area contributed by atoms with Crippen LogP contribution in [0.1, 0.15) is 20.8 Å². The van der Waals surface area contributed by atoms with Gasteiger partial charge in [-0.05, 0) is 48.1 Å². The van der Waals surface area contributed by atoms with Crippen LogP contribution in [0.3, 0.4) is 0 Å². The maximum atomic E-state index is 5.61. The fraction of sp³-hybridized carbons (Fsp3) is 0.304. The number of halogens is 1. The van der Waals surface area contributed by atoms with Gasteiger partial charge >= 0.3 is 0 Å². The van der Waals surface area contributed by atoms with Gasteiger partial charge in [-0.15, -0.1) is 0 Å². The second kappa shape index (κ2) is 12.7. The molecule has 0 spiro atoms. The summed E-state index contributed by atoms with van der Waals surface area (Å²) in [7, 11) is 4.71. The van der Waals surface area contributed by atoms with Crippen molar-refractivity contribution in [3.63, 3.8) is 0 Å². The highest BCUT2D eigenvalue weighted by atomic mass is 79.9. The van der Waals surface area contributed by atoms with Gasteiger partial charge in [0.1, 0.15) is 27.5 Å². The Kier molecular flexibility index (Phi) is 10.0. The molecule has 0 aliphatic carbocycles. The minimum Gasteiger partial charge on any atom is -0.494 e. The number of benzene rings is 1. The Morgan fingerprint density at radius 3 is 2.18 bits per heavy atom. The van der Waals surface area contributed by atoms with Crippen molar-refractivity contribution in [2.24, 2.45) is 5.73 Å². The molecule has 0 bridgehead atoms. The number of hydrogen-bond acceptors (Lipinski definition) is 8. The largest absolute Gasteiger partial charge is 0.494 e. The summed E-state index contributed by atoms with van der Waals surface area (Å²) in [6.45, 7) is 6.43. The molecule has 4 aromatic rings. The minimum absolute atomic E-state index is 0.472. The van der Waals surface area contributed by atoms with E-state index in [1.807, 2.05) is 55.7 Å². The van der Waals surface area contributed by atoms with E-state index in [2.05, 4.69) is 36.6 Å². The van der Waals surface area contributed by atoms with Crippen LogP contribution in [0.2, 0.25) is 0 Å². The van der Waals surface area contributed by atoms with Crippen molar-refractivity contribution < 1.29 is 14.2 Å². The Morgan fingerprint density at radius 2 is 1.58 bits per heavy atom. The molecule has 10 heteroatoms. The van der Waals surface area contributed by atoms with Gasteiger partial charge < -0.3 is 19.9 Å². The topological polar surface area (TPSA) is 110 Å². The van der Waals surface area contributed by atoms with Gasteiger partial charge in [0, 0.05) is 6.07 Å². The Hall–Kier alpha value is -3.24. The SMILES string of the molecule is CC.CCOc1cccc(-c2nc3ncc(Br)nc3n2-c2c(OC)cccc2OC)n1.CN. The standard InChI is InChI=1S/C20H18BrN5O3.C2H6.CH5N/c1-4-29-16-10-5-7-12(23-16)19-25-18-20(24-15(21)11-22-18)26(19)17-13(27-2)8-6-9-14(17)28-3;2*1-2/h5-11H,4H2,1-3H3;1-2H3;2H2,1H3. The normalized spacial score (nSPS) is 9.94. The number of methoxy groups -OCH3 is 2. The second-order valence-electron chi connectivity index (χ2n) is 5.92. The zero-order chi connectivity index (χ0) is 24.4. The molecule has 0 radical (unpaired) electrons. The predicted octanol–water partition coefficient (Wildman–Crippen LogP) is 4.66. The van der Waals surface area contributed by atoms with E-state index in [1.165, 1.54) is 7.05 Å². The number of aromatic nitrogens is 5. The van der Waals surface area contributed by atoms with Crippen LogP contribution in [0.25, 0.3) is 28.5 Å². The van der Waals surface area contributed by atoms with Crippen molar-refractivity contribution in [2.45, 2.75) is 20.8 Å². The van der Waals surface area contributed by atoms with Gasteiger partial charge in [0.2, 0.25) is 5.88 Å². The first-order valence-electron chi connectivity index (χ1n) is 10.5. The summed E-state index contributed by atoms with van der Waals surface area (Å²) in [6.07, 6.45) is 1.60. The van der Waals surface area contributed by atoms with Crippen LogP contribution in [0.15, 0.2) is 47.2 Å². The molecule has 0 atom stereocenters. The lowest BCUT2D eigenvalue weighted by Crippen LogP contribution is -2.05. The molecule has 0 aliphatic heterocycles. The third-order valence-electron chi connectivity index (χ3n) is 4.21. The van der Waals surface area contributed by atoms with Gasteiger partial charge in [0.25, 0.3) is 0 Å². The molecule has 176 valence electrons. The summed E-state index contributed by atoms with van der Waals surface area (Å²) in [5, 5.41) is 0.